The molecular formula is C26H26Cl2N2O2. The molecular weight excluding hydrogens is 443 g/mol. The zero-order valence-electron chi connectivity index (χ0n) is 18.5. The predicted octanol–water partition coefficient (Wildman–Crippen LogP) is 6.78. The molecule has 1 aliphatic rings. The molecule has 2 aromatic carbocycles. The van der Waals surface area contributed by atoms with Gasteiger partial charge < -0.3 is 9.30 Å². The molecule has 3 aromatic rings. The number of nitriles is 1. The first kappa shape index (κ1) is 22.7. The van der Waals surface area contributed by atoms with Crippen molar-refractivity contribution < 1.29 is 9.53 Å². The van der Waals surface area contributed by atoms with Crippen LogP contribution in [0.15, 0.2) is 30.3 Å². The van der Waals surface area contributed by atoms with E-state index in [1.54, 1.807) is 6.92 Å². The number of rotatable bonds is 5. The van der Waals surface area contributed by atoms with Gasteiger partial charge in [0.15, 0.2) is 0 Å². The first-order valence-corrected chi connectivity index (χ1v) is 11.7. The lowest BCUT2D eigenvalue weighted by atomic mass is 9.85. The Bertz CT molecular complexity index is 1230. The van der Waals surface area contributed by atoms with Crippen LogP contribution in [0.2, 0.25) is 10.0 Å². The average molecular weight is 469 g/mol. The summed E-state index contributed by atoms with van der Waals surface area (Å²) < 4.78 is 8.33. The molecule has 4 rings (SSSR count). The predicted molar refractivity (Wildman–Crippen MR) is 129 cm³/mol. The molecule has 1 aliphatic carbocycles. The van der Waals surface area contributed by atoms with Gasteiger partial charge in [0, 0.05) is 41.0 Å². The highest BCUT2D eigenvalue weighted by Gasteiger charge is 2.26. The number of hydrogen-bond acceptors (Lipinski definition) is 3. The second-order valence-corrected chi connectivity index (χ2v) is 9.53. The minimum absolute atomic E-state index is 0.0572. The molecule has 4 nitrogen and oxygen atoms in total. The minimum Gasteiger partial charge on any atom is -0.489 e. The monoisotopic (exact) mass is 468 g/mol. The minimum atomic E-state index is 0.0572. The van der Waals surface area contributed by atoms with E-state index in [1.165, 1.54) is 0 Å². The molecule has 0 amide bonds. The Kier molecular flexibility index (Phi) is 6.51. The number of fused-ring (bicyclic) bond motifs is 1. The molecule has 0 unspecified atom stereocenters. The van der Waals surface area contributed by atoms with E-state index in [2.05, 4.69) is 16.7 Å². The summed E-state index contributed by atoms with van der Waals surface area (Å²) in [7, 11) is 1.99. The highest BCUT2D eigenvalue weighted by Crippen LogP contribution is 2.38. The summed E-state index contributed by atoms with van der Waals surface area (Å²) in [5.74, 6) is 1.06. The molecule has 1 saturated carbocycles. The Hall–Kier alpha value is -2.48. The third-order valence-electron chi connectivity index (χ3n) is 6.65. The summed E-state index contributed by atoms with van der Waals surface area (Å²) in [6, 6.07) is 11.8. The summed E-state index contributed by atoms with van der Waals surface area (Å²) >= 11 is 13.3. The van der Waals surface area contributed by atoms with Crippen LogP contribution in [-0.2, 0) is 18.3 Å². The summed E-state index contributed by atoms with van der Waals surface area (Å²) in [5.41, 5.74) is 4.61. The number of ether oxygens (including phenoxy) is 1. The second kappa shape index (κ2) is 9.17. The van der Waals surface area contributed by atoms with Gasteiger partial charge in [-0.1, -0.05) is 23.2 Å². The second-order valence-electron chi connectivity index (χ2n) is 8.75. The third kappa shape index (κ3) is 4.37. The van der Waals surface area contributed by atoms with Crippen molar-refractivity contribution in [3.8, 4) is 11.8 Å². The number of halogens is 2. The van der Waals surface area contributed by atoms with E-state index in [-0.39, 0.29) is 17.8 Å². The van der Waals surface area contributed by atoms with E-state index in [0.29, 0.717) is 27.8 Å². The molecule has 0 radical (unpaired) electrons. The number of aryl methyl sites for hydroxylation is 2. The van der Waals surface area contributed by atoms with Gasteiger partial charge in [0.2, 0.25) is 0 Å². The summed E-state index contributed by atoms with van der Waals surface area (Å²) in [6.07, 6.45) is 4.03. The van der Waals surface area contributed by atoms with E-state index in [9.17, 15) is 10.1 Å². The van der Waals surface area contributed by atoms with E-state index < -0.39 is 0 Å². The van der Waals surface area contributed by atoms with E-state index in [0.717, 1.165) is 53.4 Å². The number of aromatic nitrogens is 1. The molecule has 1 aromatic heterocycles. The van der Waals surface area contributed by atoms with Gasteiger partial charge in [0.1, 0.15) is 11.5 Å². The van der Waals surface area contributed by atoms with Crippen LogP contribution >= 0.6 is 23.2 Å². The van der Waals surface area contributed by atoms with E-state index in [1.807, 2.05) is 38.2 Å². The van der Waals surface area contributed by atoms with Gasteiger partial charge >= 0.3 is 0 Å². The summed E-state index contributed by atoms with van der Waals surface area (Å²) in [6.45, 7) is 3.69. The van der Waals surface area contributed by atoms with Crippen molar-refractivity contribution in [2.75, 3.05) is 0 Å². The molecule has 32 heavy (non-hydrogen) atoms. The molecule has 0 spiro atoms. The molecule has 6 heteroatoms. The Balaban J connectivity index is 1.60. The van der Waals surface area contributed by atoms with Crippen LogP contribution in [0, 0.1) is 24.2 Å². The fraction of sp³-hybridized carbons (Fsp3) is 0.385. The number of ketones is 1. The van der Waals surface area contributed by atoms with Crippen molar-refractivity contribution in [1.82, 2.24) is 4.57 Å². The van der Waals surface area contributed by atoms with Crippen LogP contribution in [0.5, 0.6) is 5.75 Å². The van der Waals surface area contributed by atoms with Gasteiger partial charge in [-0.2, -0.15) is 5.26 Å². The third-order valence-corrected chi connectivity index (χ3v) is 7.42. The molecule has 166 valence electrons. The zero-order valence-corrected chi connectivity index (χ0v) is 20.1. The summed E-state index contributed by atoms with van der Waals surface area (Å²) in [4.78, 5) is 11.6. The Morgan fingerprint density at radius 2 is 1.91 bits per heavy atom. The normalized spacial score (nSPS) is 18.5. The van der Waals surface area contributed by atoms with Gasteiger partial charge in [0.05, 0.1) is 22.8 Å². The Morgan fingerprint density at radius 1 is 1.19 bits per heavy atom. The fourth-order valence-corrected chi connectivity index (χ4v) is 5.22. The van der Waals surface area contributed by atoms with Crippen LogP contribution in [0.1, 0.15) is 55.0 Å². The Labute approximate surface area is 198 Å². The molecule has 0 saturated heterocycles. The number of Topliss-reactive ketones (excluding diaryl/α,β-unsaturated/α-hetero) is 1. The van der Waals surface area contributed by atoms with E-state index in [4.69, 9.17) is 27.9 Å². The maximum absolute atomic E-state index is 11.6. The maximum Gasteiger partial charge on any atom is 0.138 e. The smallest absolute Gasteiger partial charge is 0.138 e. The number of carbonyl (C=O) groups excluding carboxylic acids is 1. The van der Waals surface area contributed by atoms with Crippen LogP contribution in [0.3, 0.4) is 0 Å². The summed E-state index contributed by atoms with van der Waals surface area (Å²) in [5, 5.41) is 11.6. The Morgan fingerprint density at radius 3 is 2.56 bits per heavy atom. The number of benzene rings is 2. The lowest BCUT2D eigenvalue weighted by Gasteiger charge is -2.28. The van der Waals surface area contributed by atoms with Crippen molar-refractivity contribution in [2.45, 2.75) is 52.1 Å². The first-order valence-electron chi connectivity index (χ1n) is 10.9. The van der Waals surface area contributed by atoms with Gasteiger partial charge in [-0.15, -0.1) is 0 Å². The number of carbonyl (C=O) groups is 1. The highest BCUT2D eigenvalue weighted by atomic mass is 35.5. The molecule has 0 aliphatic heterocycles. The fourth-order valence-electron chi connectivity index (χ4n) is 4.67. The zero-order chi connectivity index (χ0) is 23.0. The largest absolute Gasteiger partial charge is 0.489 e. The van der Waals surface area contributed by atoms with Crippen LogP contribution in [0.4, 0.5) is 0 Å². The number of hydrogen-bond donors (Lipinski definition) is 0. The number of nitrogens with zero attached hydrogens (tertiary/aromatic N) is 2. The molecule has 0 atom stereocenters. The first-order chi connectivity index (χ1) is 15.3. The van der Waals surface area contributed by atoms with Gasteiger partial charge in [-0.25, -0.2) is 0 Å². The van der Waals surface area contributed by atoms with Crippen molar-refractivity contribution >= 4 is 39.9 Å². The maximum atomic E-state index is 11.6. The van der Waals surface area contributed by atoms with E-state index >= 15 is 0 Å². The van der Waals surface area contributed by atoms with Crippen molar-refractivity contribution in [1.29, 1.82) is 5.26 Å². The molecule has 0 N–H and O–H groups in total. The highest BCUT2D eigenvalue weighted by molar-refractivity contribution is 6.37. The lowest BCUT2D eigenvalue weighted by Crippen LogP contribution is -2.27. The lowest BCUT2D eigenvalue weighted by molar-refractivity contribution is -0.122. The molecule has 0 bridgehead atoms. The van der Waals surface area contributed by atoms with Crippen LogP contribution in [0.25, 0.3) is 10.9 Å². The average Bonchev–Trinajstić information content (AvgIpc) is 3.09. The topological polar surface area (TPSA) is 55.0 Å². The standard InChI is InChI=1S/C26H26Cl2N2O2/c1-15-10-17(14-29)11-24-21(15)12-19(30(24)3)13-22-23(27)8-9-25(26(22)28)32-20-6-4-18(5-7-20)16(2)31/h8-12,18,20H,4-7,13H2,1-3H3. The molecule has 1 heterocycles. The van der Waals surface area contributed by atoms with Crippen molar-refractivity contribution in [2.24, 2.45) is 13.0 Å². The van der Waals surface area contributed by atoms with Crippen molar-refractivity contribution in [3.63, 3.8) is 0 Å². The van der Waals surface area contributed by atoms with Gasteiger partial charge in [-0.05, 0) is 81.0 Å². The SMILES string of the molecule is CC(=O)C1CCC(Oc2ccc(Cl)c(Cc3cc4c(C)cc(C#N)cc4n3C)c2Cl)CC1. The van der Waals surface area contributed by atoms with Crippen LogP contribution in [-0.4, -0.2) is 16.5 Å². The van der Waals surface area contributed by atoms with Crippen LogP contribution < -0.4 is 4.74 Å². The quantitative estimate of drug-likeness (QED) is 0.414. The van der Waals surface area contributed by atoms with Gasteiger partial charge in [0.25, 0.3) is 0 Å². The van der Waals surface area contributed by atoms with Crippen molar-refractivity contribution in [3.05, 3.63) is 62.8 Å². The van der Waals surface area contributed by atoms with Gasteiger partial charge in [-0.3, -0.25) is 4.79 Å². The molecule has 1 fully saturated rings.